The van der Waals surface area contributed by atoms with Gasteiger partial charge >= 0.3 is 0 Å². The monoisotopic (exact) mass is 426 g/mol. The van der Waals surface area contributed by atoms with Crippen LogP contribution in [0.15, 0.2) is 59.5 Å². The van der Waals surface area contributed by atoms with E-state index in [-0.39, 0.29) is 16.2 Å². The van der Waals surface area contributed by atoms with Gasteiger partial charge in [-0.05, 0) is 60.6 Å². The average molecular weight is 427 g/mol. The highest BCUT2D eigenvalue weighted by Crippen LogP contribution is 2.28. The summed E-state index contributed by atoms with van der Waals surface area (Å²) in [6, 6.07) is 12.2. The maximum absolute atomic E-state index is 13.1. The third-order valence-electron chi connectivity index (χ3n) is 5.46. The van der Waals surface area contributed by atoms with Crippen molar-refractivity contribution in [3.05, 3.63) is 71.3 Å². The van der Waals surface area contributed by atoms with E-state index in [4.69, 9.17) is 0 Å². The fourth-order valence-electron chi connectivity index (χ4n) is 3.49. The van der Waals surface area contributed by atoms with Gasteiger partial charge in [-0.2, -0.15) is 0 Å². The predicted octanol–water partition coefficient (Wildman–Crippen LogP) is 4.89. The smallest absolute Gasteiger partial charge is 0.262 e. The lowest BCUT2D eigenvalue weighted by molar-refractivity contribution is 0.0744. The van der Waals surface area contributed by atoms with E-state index in [9.17, 15) is 13.2 Å². The molecule has 1 fully saturated rings. The minimum atomic E-state index is -3.79. The molecule has 160 valence electrons. The molecule has 0 radical (unpaired) electrons. The number of nitrogens with zero attached hydrogens (tertiary/aromatic N) is 1. The first kappa shape index (κ1) is 22.1. The molecule has 0 atom stereocenters. The molecule has 1 aliphatic rings. The van der Waals surface area contributed by atoms with Crippen molar-refractivity contribution in [3.8, 4) is 0 Å². The summed E-state index contributed by atoms with van der Waals surface area (Å²) in [6.07, 6.45) is 1.61. The molecule has 1 heterocycles. The molecule has 3 rings (SSSR count). The quantitative estimate of drug-likeness (QED) is 0.708. The van der Waals surface area contributed by atoms with Gasteiger partial charge in [-0.25, -0.2) is 8.42 Å². The number of amides is 1. The van der Waals surface area contributed by atoms with Gasteiger partial charge < -0.3 is 4.90 Å². The number of likely N-dealkylation sites (tertiary alicyclic amines) is 1. The van der Waals surface area contributed by atoms with Crippen LogP contribution in [0.4, 0.5) is 5.69 Å². The largest absolute Gasteiger partial charge is 0.338 e. The van der Waals surface area contributed by atoms with Crippen molar-refractivity contribution in [3.63, 3.8) is 0 Å². The Bertz CT molecular complexity index is 1070. The van der Waals surface area contributed by atoms with Crippen LogP contribution in [0.2, 0.25) is 0 Å². The minimum Gasteiger partial charge on any atom is -0.338 e. The van der Waals surface area contributed by atoms with Crippen LogP contribution in [0.5, 0.6) is 0 Å². The first-order chi connectivity index (χ1) is 14.0. The van der Waals surface area contributed by atoms with Crippen molar-refractivity contribution in [2.45, 2.75) is 50.8 Å². The maximum Gasteiger partial charge on any atom is 0.262 e. The molecule has 0 unspecified atom stereocenters. The molecule has 6 heteroatoms. The molecule has 2 aromatic carbocycles. The zero-order chi connectivity index (χ0) is 22.1. The first-order valence-electron chi connectivity index (χ1n) is 10.2. The van der Waals surface area contributed by atoms with Gasteiger partial charge in [0.2, 0.25) is 0 Å². The second-order valence-electron chi connectivity index (χ2n) is 8.96. The van der Waals surface area contributed by atoms with Crippen molar-refractivity contribution >= 4 is 21.6 Å². The van der Waals surface area contributed by atoms with E-state index in [1.54, 1.807) is 42.2 Å². The highest BCUT2D eigenvalue weighted by atomic mass is 32.2. The van der Waals surface area contributed by atoms with E-state index < -0.39 is 10.0 Å². The average Bonchev–Trinajstić information content (AvgIpc) is 2.67. The number of hydrogen-bond donors (Lipinski definition) is 1. The maximum atomic E-state index is 13.1. The van der Waals surface area contributed by atoms with Crippen LogP contribution < -0.4 is 4.72 Å². The van der Waals surface area contributed by atoms with Crippen LogP contribution in [-0.4, -0.2) is 32.3 Å². The SMILES string of the molecule is C=C1CCN(C(=O)c2cccc(NS(=O)(=O)c3cc(C(C)(C)C)ccc3C)c2)CC1. The minimum absolute atomic E-state index is 0.0885. The van der Waals surface area contributed by atoms with Gasteiger partial charge in [0.05, 0.1) is 4.90 Å². The lowest BCUT2D eigenvalue weighted by Gasteiger charge is -2.28. The molecular weight excluding hydrogens is 396 g/mol. The van der Waals surface area contributed by atoms with Crippen molar-refractivity contribution in [1.82, 2.24) is 4.90 Å². The summed E-state index contributed by atoms with van der Waals surface area (Å²) in [5.74, 6) is -0.0885. The highest BCUT2D eigenvalue weighted by molar-refractivity contribution is 7.92. The highest BCUT2D eigenvalue weighted by Gasteiger charge is 2.23. The molecule has 1 amide bonds. The molecule has 1 aliphatic heterocycles. The number of nitrogens with one attached hydrogen (secondary N) is 1. The van der Waals surface area contributed by atoms with E-state index in [0.717, 1.165) is 24.0 Å². The van der Waals surface area contributed by atoms with Gasteiger partial charge in [0.25, 0.3) is 15.9 Å². The van der Waals surface area contributed by atoms with Gasteiger partial charge in [-0.15, -0.1) is 0 Å². The molecule has 0 spiro atoms. The van der Waals surface area contributed by atoms with E-state index >= 15 is 0 Å². The second-order valence-corrected chi connectivity index (χ2v) is 10.6. The molecule has 0 aromatic heterocycles. The van der Waals surface area contributed by atoms with E-state index in [2.05, 4.69) is 11.3 Å². The molecule has 0 aliphatic carbocycles. The molecule has 0 bridgehead atoms. The molecule has 1 N–H and O–H groups in total. The molecule has 2 aromatic rings. The Morgan fingerprint density at radius 2 is 1.73 bits per heavy atom. The Morgan fingerprint density at radius 1 is 1.07 bits per heavy atom. The molecule has 0 saturated carbocycles. The predicted molar refractivity (Wildman–Crippen MR) is 121 cm³/mol. The Hall–Kier alpha value is -2.60. The number of piperidine rings is 1. The first-order valence-corrected chi connectivity index (χ1v) is 11.7. The molecule has 1 saturated heterocycles. The van der Waals surface area contributed by atoms with Gasteiger partial charge in [0, 0.05) is 24.3 Å². The number of benzene rings is 2. The van der Waals surface area contributed by atoms with Gasteiger partial charge in [0.1, 0.15) is 0 Å². The van der Waals surface area contributed by atoms with Gasteiger partial charge in [-0.3, -0.25) is 9.52 Å². The summed E-state index contributed by atoms with van der Waals surface area (Å²) in [7, 11) is -3.79. The van der Waals surface area contributed by atoms with Crippen LogP contribution in [0.1, 0.15) is 55.1 Å². The fraction of sp³-hybridized carbons (Fsp3) is 0.375. The Kier molecular flexibility index (Phi) is 6.09. The van der Waals surface area contributed by atoms with Crippen molar-refractivity contribution in [2.75, 3.05) is 17.8 Å². The van der Waals surface area contributed by atoms with Crippen molar-refractivity contribution in [2.24, 2.45) is 0 Å². The normalized spacial score (nSPS) is 15.2. The summed E-state index contributed by atoms with van der Waals surface area (Å²) in [5, 5.41) is 0. The van der Waals surface area contributed by atoms with Gasteiger partial charge in [0.15, 0.2) is 0 Å². The zero-order valence-electron chi connectivity index (χ0n) is 18.2. The number of hydrogen-bond acceptors (Lipinski definition) is 3. The molecular formula is C24H30N2O3S. The number of sulfonamides is 1. The second kappa shape index (κ2) is 8.26. The number of aryl methyl sites for hydroxylation is 1. The van der Waals surface area contributed by atoms with E-state index in [1.807, 2.05) is 32.9 Å². The zero-order valence-corrected chi connectivity index (χ0v) is 19.0. The summed E-state index contributed by atoms with van der Waals surface area (Å²) in [4.78, 5) is 14.9. The van der Waals surface area contributed by atoms with Crippen LogP contribution >= 0.6 is 0 Å². The summed E-state index contributed by atoms with van der Waals surface area (Å²) >= 11 is 0. The van der Waals surface area contributed by atoms with E-state index in [1.165, 1.54) is 0 Å². The third kappa shape index (κ3) is 4.93. The van der Waals surface area contributed by atoms with E-state index in [0.29, 0.717) is 29.9 Å². The molecule has 5 nitrogen and oxygen atoms in total. The van der Waals surface area contributed by atoms with Crippen molar-refractivity contribution in [1.29, 1.82) is 0 Å². The standard InChI is InChI=1S/C24H30N2O3S/c1-17-11-13-26(14-12-17)23(27)19-7-6-8-21(15-19)25-30(28,29)22-16-20(24(3,4)5)10-9-18(22)2/h6-10,15-16,25H,1,11-14H2,2-5H3. The topological polar surface area (TPSA) is 66.5 Å². The molecule has 30 heavy (non-hydrogen) atoms. The number of anilines is 1. The summed E-state index contributed by atoms with van der Waals surface area (Å²) in [6.45, 7) is 13.2. The van der Waals surface area contributed by atoms with Crippen LogP contribution in [0.3, 0.4) is 0 Å². The third-order valence-corrected chi connectivity index (χ3v) is 6.99. The van der Waals surface area contributed by atoms with Crippen LogP contribution in [-0.2, 0) is 15.4 Å². The summed E-state index contributed by atoms with van der Waals surface area (Å²) in [5.41, 5.74) is 3.48. The fourth-order valence-corrected chi connectivity index (χ4v) is 4.81. The van der Waals surface area contributed by atoms with Gasteiger partial charge in [-0.1, -0.05) is 51.1 Å². The number of rotatable bonds is 4. The van der Waals surface area contributed by atoms with Crippen LogP contribution in [0, 0.1) is 6.92 Å². The Balaban J connectivity index is 1.85. The van der Waals surface area contributed by atoms with Crippen LogP contribution in [0.25, 0.3) is 0 Å². The lowest BCUT2D eigenvalue weighted by atomic mass is 9.87. The Labute approximate surface area is 179 Å². The van der Waals surface area contributed by atoms with Crippen molar-refractivity contribution < 1.29 is 13.2 Å². The number of carbonyl (C=O) groups excluding carboxylic acids is 1. The number of carbonyl (C=O) groups is 1. The summed E-state index contributed by atoms with van der Waals surface area (Å²) < 4.78 is 28.9. The lowest BCUT2D eigenvalue weighted by Crippen LogP contribution is -2.36. The Morgan fingerprint density at radius 3 is 2.37 bits per heavy atom.